The van der Waals surface area contributed by atoms with E-state index in [-0.39, 0.29) is 19.2 Å². The second-order valence-electron chi connectivity index (χ2n) is 3.67. The van der Waals surface area contributed by atoms with Crippen LogP contribution in [-0.4, -0.2) is 24.7 Å². The van der Waals surface area contributed by atoms with Crippen molar-refractivity contribution < 1.29 is 14.3 Å². The Morgan fingerprint density at radius 1 is 1.33 bits per heavy atom. The van der Waals surface area contributed by atoms with Crippen LogP contribution in [0.1, 0.15) is 12.5 Å². The summed E-state index contributed by atoms with van der Waals surface area (Å²) in [5.74, 6) is -0.353. The number of hydrogen-bond donors (Lipinski definition) is 3. The zero-order valence-electron chi connectivity index (χ0n) is 10.2. The number of alkyl carbamates (subject to hydrolysis) is 1. The third-order valence-electron chi connectivity index (χ3n) is 2.22. The van der Waals surface area contributed by atoms with Gasteiger partial charge >= 0.3 is 6.09 Å². The second kappa shape index (κ2) is 7.29. The molecule has 1 aromatic rings. The quantitative estimate of drug-likeness (QED) is 0.657. The highest BCUT2D eigenvalue weighted by Gasteiger charge is 2.15. The Balaban J connectivity index is 2.31. The van der Waals surface area contributed by atoms with Crippen LogP contribution in [0.4, 0.5) is 4.79 Å². The van der Waals surface area contributed by atoms with E-state index in [9.17, 15) is 9.59 Å². The highest BCUT2D eigenvalue weighted by atomic mass is 16.5. The smallest absolute Gasteiger partial charge is 0.408 e. The molecule has 0 aliphatic rings. The molecule has 0 unspecified atom stereocenters. The van der Waals surface area contributed by atoms with Crippen LogP contribution < -0.4 is 16.4 Å². The summed E-state index contributed by atoms with van der Waals surface area (Å²) in [6.45, 7) is 1.75. The van der Waals surface area contributed by atoms with Gasteiger partial charge in [0.1, 0.15) is 12.6 Å². The molecule has 0 fully saturated rings. The SMILES string of the molecule is C[C@H](NC(=O)OCc1ccccc1)C(=O)NCN. The average Bonchev–Trinajstić information content (AvgIpc) is 2.38. The fraction of sp³-hybridized carbons (Fsp3) is 0.333. The van der Waals surface area contributed by atoms with Crippen LogP contribution in [-0.2, 0) is 16.1 Å². The van der Waals surface area contributed by atoms with Crippen LogP contribution in [0.5, 0.6) is 0 Å². The number of rotatable bonds is 5. The molecule has 4 N–H and O–H groups in total. The van der Waals surface area contributed by atoms with Gasteiger partial charge in [-0.2, -0.15) is 0 Å². The number of hydrogen-bond acceptors (Lipinski definition) is 4. The third kappa shape index (κ3) is 4.84. The predicted octanol–water partition coefficient (Wildman–Crippen LogP) is 0.334. The van der Waals surface area contributed by atoms with E-state index < -0.39 is 12.1 Å². The summed E-state index contributed by atoms with van der Waals surface area (Å²) in [7, 11) is 0. The lowest BCUT2D eigenvalue weighted by Gasteiger charge is -2.13. The number of nitrogens with two attached hydrogens (primary N) is 1. The third-order valence-corrected chi connectivity index (χ3v) is 2.22. The zero-order chi connectivity index (χ0) is 13.4. The van der Waals surface area contributed by atoms with Crippen molar-refractivity contribution >= 4 is 12.0 Å². The van der Waals surface area contributed by atoms with Gasteiger partial charge in [-0.05, 0) is 12.5 Å². The van der Waals surface area contributed by atoms with E-state index in [1.165, 1.54) is 0 Å². The Hall–Kier alpha value is -2.08. The Kier molecular flexibility index (Phi) is 5.66. The summed E-state index contributed by atoms with van der Waals surface area (Å²) in [6, 6.07) is 8.59. The molecule has 1 rings (SSSR count). The van der Waals surface area contributed by atoms with Crippen molar-refractivity contribution in [3.8, 4) is 0 Å². The highest BCUT2D eigenvalue weighted by Crippen LogP contribution is 2.00. The minimum absolute atomic E-state index is 0.0317. The number of nitrogens with one attached hydrogen (secondary N) is 2. The van der Waals surface area contributed by atoms with Crippen LogP contribution >= 0.6 is 0 Å². The van der Waals surface area contributed by atoms with Gasteiger partial charge in [0.2, 0.25) is 5.91 Å². The number of ether oxygens (including phenoxy) is 1. The van der Waals surface area contributed by atoms with Crippen LogP contribution in [0, 0.1) is 0 Å². The van der Waals surface area contributed by atoms with E-state index in [0.29, 0.717) is 0 Å². The van der Waals surface area contributed by atoms with E-state index in [2.05, 4.69) is 10.6 Å². The number of carbonyl (C=O) groups is 2. The topological polar surface area (TPSA) is 93.4 Å². The molecule has 18 heavy (non-hydrogen) atoms. The minimum Gasteiger partial charge on any atom is -0.445 e. The van der Waals surface area contributed by atoms with Gasteiger partial charge in [0, 0.05) is 0 Å². The lowest BCUT2D eigenvalue weighted by Crippen LogP contribution is -2.46. The van der Waals surface area contributed by atoms with Crippen molar-refractivity contribution in [3.63, 3.8) is 0 Å². The molecule has 0 aliphatic carbocycles. The maximum atomic E-state index is 11.4. The Morgan fingerprint density at radius 2 is 2.00 bits per heavy atom. The predicted molar refractivity (Wildman–Crippen MR) is 66.4 cm³/mol. The van der Waals surface area contributed by atoms with E-state index >= 15 is 0 Å². The largest absolute Gasteiger partial charge is 0.445 e. The lowest BCUT2D eigenvalue weighted by atomic mass is 10.2. The van der Waals surface area contributed by atoms with Crippen LogP contribution in [0.25, 0.3) is 0 Å². The first-order valence-corrected chi connectivity index (χ1v) is 5.58. The number of carbonyl (C=O) groups excluding carboxylic acids is 2. The van der Waals surface area contributed by atoms with Crippen LogP contribution in [0.15, 0.2) is 30.3 Å². The highest BCUT2D eigenvalue weighted by molar-refractivity contribution is 5.85. The zero-order valence-corrected chi connectivity index (χ0v) is 10.2. The fourth-order valence-electron chi connectivity index (χ4n) is 1.26. The molecule has 0 saturated heterocycles. The summed E-state index contributed by atoms with van der Waals surface area (Å²) < 4.78 is 4.97. The molecule has 2 amide bonds. The van der Waals surface area contributed by atoms with E-state index in [1.807, 2.05) is 30.3 Å². The monoisotopic (exact) mass is 251 g/mol. The van der Waals surface area contributed by atoms with Crippen molar-refractivity contribution in [1.82, 2.24) is 10.6 Å². The van der Waals surface area contributed by atoms with Crippen molar-refractivity contribution in [3.05, 3.63) is 35.9 Å². The van der Waals surface area contributed by atoms with Gasteiger partial charge < -0.3 is 21.1 Å². The Labute approximate surface area is 105 Å². The standard InChI is InChI=1S/C12H17N3O3/c1-9(11(16)14-8-13)15-12(17)18-7-10-5-3-2-4-6-10/h2-6,9H,7-8,13H2,1H3,(H,14,16)(H,15,17)/t9-/m0/s1. The average molecular weight is 251 g/mol. The first-order chi connectivity index (χ1) is 8.63. The van der Waals surface area contributed by atoms with Gasteiger partial charge in [0.15, 0.2) is 0 Å². The molecule has 0 radical (unpaired) electrons. The van der Waals surface area contributed by atoms with Crippen molar-refractivity contribution in [1.29, 1.82) is 0 Å². The molecule has 0 bridgehead atoms. The first-order valence-electron chi connectivity index (χ1n) is 5.58. The van der Waals surface area contributed by atoms with Gasteiger partial charge in [-0.3, -0.25) is 4.79 Å². The maximum Gasteiger partial charge on any atom is 0.408 e. The minimum atomic E-state index is -0.683. The molecular formula is C12H17N3O3. The van der Waals surface area contributed by atoms with Crippen molar-refractivity contribution in [2.75, 3.05) is 6.67 Å². The van der Waals surface area contributed by atoms with E-state index in [4.69, 9.17) is 10.5 Å². The molecule has 0 aliphatic heterocycles. The molecule has 1 atom stereocenters. The second-order valence-corrected chi connectivity index (χ2v) is 3.67. The normalized spacial score (nSPS) is 11.4. The van der Waals surface area contributed by atoms with Gasteiger partial charge in [-0.25, -0.2) is 4.79 Å². The summed E-state index contributed by atoms with van der Waals surface area (Å²) in [4.78, 5) is 22.7. The fourth-order valence-corrected chi connectivity index (χ4v) is 1.26. The lowest BCUT2D eigenvalue weighted by molar-refractivity contribution is -0.122. The van der Waals surface area contributed by atoms with Gasteiger partial charge in [0.05, 0.1) is 6.67 Å². The molecular weight excluding hydrogens is 234 g/mol. The number of amides is 2. The molecule has 0 saturated carbocycles. The van der Waals surface area contributed by atoms with E-state index in [1.54, 1.807) is 6.92 Å². The van der Waals surface area contributed by atoms with Crippen LogP contribution in [0.3, 0.4) is 0 Å². The summed E-state index contributed by atoms with van der Waals surface area (Å²) in [5, 5.41) is 4.80. The van der Waals surface area contributed by atoms with Gasteiger partial charge in [-0.15, -0.1) is 0 Å². The molecule has 0 heterocycles. The molecule has 6 nitrogen and oxygen atoms in total. The molecule has 0 aromatic heterocycles. The van der Waals surface area contributed by atoms with Crippen LogP contribution in [0.2, 0.25) is 0 Å². The Bertz CT molecular complexity index is 395. The van der Waals surface area contributed by atoms with Crippen molar-refractivity contribution in [2.24, 2.45) is 5.73 Å². The summed E-state index contributed by atoms with van der Waals surface area (Å²) >= 11 is 0. The molecule has 1 aromatic carbocycles. The first kappa shape index (κ1) is 14.0. The number of benzene rings is 1. The van der Waals surface area contributed by atoms with Crippen molar-refractivity contribution in [2.45, 2.75) is 19.6 Å². The summed E-state index contributed by atoms with van der Waals surface area (Å²) in [6.07, 6.45) is -0.640. The van der Waals surface area contributed by atoms with Gasteiger partial charge in [-0.1, -0.05) is 30.3 Å². The Morgan fingerprint density at radius 3 is 2.61 bits per heavy atom. The molecule has 98 valence electrons. The van der Waals surface area contributed by atoms with E-state index in [0.717, 1.165) is 5.56 Å². The molecule has 0 spiro atoms. The molecule has 6 heteroatoms. The maximum absolute atomic E-state index is 11.4. The van der Waals surface area contributed by atoms with Gasteiger partial charge in [0.25, 0.3) is 0 Å². The summed E-state index contributed by atoms with van der Waals surface area (Å²) in [5.41, 5.74) is 6.04.